The van der Waals surface area contributed by atoms with Crippen LogP contribution < -0.4 is 5.32 Å². The van der Waals surface area contributed by atoms with Crippen molar-refractivity contribution in [1.82, 2.24) is 19.8 Å². The molecule has 2 rings (SSSR count). The van der Waals surface area contributed by atoms with Crippen LogP contribution in [-0.4, -0.2) is 45.5 Å². The van der Waals surface area contributed by atoms with Gasteiger partial charge in [0.25, 0.3) is 5.91 Å². The maximum Gasteiger partial charge on any atom is 0.269 e. The smallest absolute Gasteiger partial charge is 0.269 e. The first-order valence-corrected chi connectivity index (χ1v) is 6.50. The summed E-state index contributed by atoms with van der Waals surface area (Å²) in [5, 5.41) is 3.00. The molecule has 0 aromatic carbocycles. The van der Waals surface area contributed by atoms with Gasteiger partial charge in [0.1, 0.15) is 5.69 Å². The van der Waals surface area contributed by atoms with E-state index in [2.05, 4.69) is 29.0 Å². The second-order valence-electron chi connectivity index (χ2n) is 5.58. The number of hydrogen-bond donors (Lipinski definition) is 1. The van der Waals surface area contributed by atoms with Gasteiger partial charge in [-0.1, -0.05) is 0 Å². The lowest BCUT2D eigenvalue weighted by Gasteiger charge is -2.35. The van der Waals surface area contributed by atoms with Crippen LogP contribution in [0.2, 0.25) is 0 Å². The summed E-state index contributed by atoms with van der Waals surface area (Å²) in [6.07, 6.45) is 5.76. The normalized spacial score (nSPS) is 17.1. The van der Waals surface area contributed by atoms with Crippen molar-refractivity contribution < 1.29 is 4.79 Å². The minimum absolute atomic E-state index is 0.0186. The van der Waals surface area contributed by atoms with Crippen molar-refractivity contribution in [2.45, 2.75) is 32.2 Å². The fourth-order valence-electron chi connectivity index (χ4n) is 2.40. The van der Waals surface area contributed by atoms with E-state index < -0.39 is 0 Å². The van der Waals surface area contributed by atoms with Crippen LogP contribution in [0.15, 0.2) is 12.5 Å². The second-order valence-corrected chi connectivity index (χ2v) is 5.58. The topological polar surface area (TPSA) is 50.2 Å². The van der Waals surface area contributed by atoms with E-state index in [1.165, 1.54) is 12.8 Å². The molecule has 1 saturated heterocycles. The molecule has 0 bridgehead atoms. The molecule has 0 spiro atoms. The molecule has 1 amide bonds. The number of likely N-dealkylation sites (tertiary alicyclic amines) is 1. The number of aryl methyl sites for hydroxylation is 1. The number of carbonyl (C=O) groups is 1. The summed E-state index contributed by atoms with van der Waals surface area (Å²) in [5.41, 5.74) is 0.623. The van der Waals surface area contributed by atoms with Gasteiger partial charge in [-0.3, -0.25) is 9.69 Å². The molecule has 5 heteroatoms. The van der Waals surface area contributed by atoms with E-state index in [1.54, 1.807) is 17.1 Å². The third-order valence-electron chi connectivity index (χ3n) is 3.69. The largest absolute Gasteiger partial charge is 0.349 e. The molecular weight excluding hydrogens is 228 g/mol. The second kappa shape index (κ2) is 5.10. The molecule has 2 heterocycles. The molecule has 100 valence electrons. The first-order valence-electron chi connectivity index (χ1n) is 6.50. The lowest BCUT2D eigenvalue weighted by Crippen LogP contribution is -2.50. The number of hydrogen-bond acceptors (Lipinski definition) is 3. The fourth-order valence-corrected chi connectivity index (χ4v) is 2.40. The van der Waals surface area contributed by atoms with Crippen molar-refractivity contribution in [2.75, 3.05) is 19.6 Å². The number of amides is 1. The molecule has 1 fully saturated rings. The van der Waals surface area contributed by atoms with E-state index in [-0.39, 0.29) is 11.4 Å². The Kier molecular flexibility index (Phi) is 3.71. The van der Waals surface area contributed by atoms with E-state index in [0.29, 0.717) is 12.2 Å². The SMILES string of the molecule is Cn1cncc1C(=O)NCC(C)(C)N1CCCC1. The first-order chi connectivity index (χ1) is 8.50. The summed E-state index contributed by atoms with van der Waals surface area (Å²) < 4.78 is 1.73. The highest BCUT2D eigenvalue weighted by molar-refractivity contribution is 5.92. The van der Waals surface area contributed by atoms with Crippen LogP contribution in [0.5, 0.6) is 0 Å². The summed E-state index contributed by atoms with van der Waals surface area (Å²) >= 11 is 0. The van der Waals surface area contributed by atoms with Gasteiger partial charge in [-0.25, -0.2) is 4.98 Å². The Labute approximate surface area is 108 Å². The van der Waals surface area contributed by atoms with Gasteiger partial charge in [-0.2, -0.15) is 0 Å². The lowest BCUT2D eigenvalue weighted by atomic mass is 10.0. The van der Waals surface area contributed by atoms with Crippen LogP contribution in [-0.2, 0) is 7.05 Å². The Morgan fingerprint density at radius 3 is 2.67 bits per heavy atom. The summed E-state index contributed by atoms with van der Waals surface area (Å²) in [6.45, 7) is 7.30. The quantitative estimate of drug-likeness (QED) is 0.868. The summed E-state index contributed by atoms with van der Waals surface area (Å²) in [4.78, 5) is 18.4. The van der Waals surface area contributed by atoms with Crippen molar-refractivity contribution in [3.8, 4) is 0 Å². The summed E-state index contributed by atoms with van der Waals surface area (Å²) in [7, 11) is 1.83. The Hall–Kier alpha value is -1.36. The Morgan fingerprint density at radius 2 is 2.11 bits per heavy atom. The van der Waals surface area contributed by atoms with Crippen molar-refractivity contribution in [3.05, 3.63) is 18.2 Å². The van der Waals surface area contributed by atoms with Gasteiger partial charge < -0.3 is 9.88 Å². The van der Waals surface area contributed by atoms with E-state index >= 15 is 0 Å². The van der Waals surface area contributed by atoms with Crippen LogP contribution >= 0.6 is 0 Å². The predicted molar refractivity (Wildman–Crippen MR) is 70.4 cm³/mol. The van der Waals surface area contributed by atoms with Gasteiger partial charge in [0.15, 0.2) is 0 Å². The maximum absolute atomic E-state index is 12.0. The molecule has 1 aliphatic rings. The molecule has 1 aromatic heterocycles. The van der Waals surface area contributed by atoms with Crippen molar-refractivity contribution >= 4 is 5.91 Å². The van der Waals surface area contributed by atoms with Gasteiger partial charge in [0.05, 0.1) is 12.5 Å². The maximum atomic E-state index is 12.0. The molecule has 5 nitrogen and oxygen atoms in total. The van der Waals surface area contributed by atoms with Gasteiger partial charge in [-0.05, 0) is 39.8 Å². The van der Waals surface area contributed by atoms with E-state index in [0.717, 1.165) is 13.1 Å². The zero-order valence-corrected chi connectivity index (χ0v) is 11.4. The molecule has 1 N–H and O–H groups in total. The van der Waals surface area contributed by atoms with Gasteiger partial charge >= 0.3 is 0 Å². The highest BCUT2D eigenvalue weighted by Gasteiger charge is 2.29. The van der Waals surface area contributed by atoms with Crippen molar-refractivity contribution in [1.29, 1.82) is 0 Å². The monoisotopic (exact) mass is 250 g/mol. The highest BCUT2D eigenvalue weighted by atomic mass is 16.2. The number of carbonyl (C=O) groups excluding carboxylic acids is 1. The van der Waals surface area contributed by atoms with Gasteiger partial charge in [-0.15, -0.1) is 0 Å². The number of nitrogens with zero attached hydrogens (tertiary/aromatic N) is 3. The Morgan fingerprint density at radius 1 is 1.44 bits per heavy atom. The van der Waals surface area contributed by atoms with Crippen LogP contribution in [0.25, 0.3) is 0 Å². The number of rotatable bonds is 4. The third-order valence-corrected chi connectivity index (χ3v) is 3.69. The summed E-state index contributed by atoms with van der Waals surface area (Å²) in [6, 6.07) is 0. The standard InChI is InChI=1S/C13H22N4O/c1-13(2,17-6-4-5-7-17)9-15-12(18)11-8-14-10-16(11)3/h8,10H,4-7,9H2,1-3H3,(H,15,18). The van der Waals surface area contributed by atoms with Crippen molar-refractivity contribution in [3.63, 3.8) is 0 Å². The molecule has 0 saturated carbocycles. The van der Waals surface area contributed by atoms with Gasteiger partial charge in [0.2, 0.25) is 0 Å². The van der Waals surface area contributed by atoms with E-state index in [1.807, 2.05) is 7.05 Å². The average Bonchev–Trinajstić information content (AvgIpc) is 2.96. The number of nitrogens with one attached hydrogen (secondary N) is 1. The molecule has 1 aliphatic heterocycles. The minimum atomic E-state index is -0.0535. The zero-order valence-electron chi connectivity index (χ0n) is 11.4. The minimum Gasteiger partial charge on any atom is -0.349 e. The number of imidazole rings is 1. The fraction of sp³-hybridized carbons (Fsp3) is 0.692. The average molecular weight is 250 g/mol. The molecule has 1 aromatic rings. The highest BCUT2D eigenvalue weighted by Crippen LogP contribution is 2.20. The zero-order chi connectivity index (χ0) is 13.2. The predicted octanol–water partition coefficient (Wildman–Crippen LogP) is 1.02. The Bertz CT molecular complexity index is 418. The van der Waals surface area contributed by atoms with Crippen molar-refractivity contribution in [2.24, 2.45) is 7.05 Å². The molecule has 0 atom stereocenters. The van der Waals surface area contributed by atoms with Gasteiger partial charge in [0, 0.05) is 19.1 Å². The van der Waals surface area contributed by atoms with E-state index in [4.69, 9.17) is 0 Å². The molecule has 0 unspecified atom stereocenters. The van der Waals surface area contributed by atoms with Crippen LogP contribution in [0, 0.1) is 0 Å². The van der Waals surface area contributed by atoms with Crippen LogP contribution in [0.3, 0.4) is 0 Å². The molecule has 18 heavy (non-hydrogen) atoms. The molecule has 0 aliphatic carbocycles. The summed E-state index contributed by atoms with van der Waals surface area (Å²) in [5.74, 6) is -0.0535. The third kappa shape index (κ3) is 2.72. The molecular formula is C13H22N4O. The Balaban J connectivity index is 1.91. The molecule has 0 radical (unpaired) electrons. The number of aromatic nitrogens is 2. The first kappa shape index (κ1) is 13.1. The lowest BCUT2D eigenvalue weighted by molar-refractivity contribution is 0.0894. The van der Waals surface area contributed by atoms with Crippen LogP contribution in [0.4, 0.5) is 0 Å². The van der Waals surface area contributed by atoms with E-state index in [9.17, 15) is 4.79 Å². The van der Waals surface area contributed by atoms with Crippen LogP contribution in [0.1, 0.15) is 37.2 Å².